The monoisotopic (exact) mass is 483 g/mol. The number of amides is 1. The van der Waals surface area contributed by atoms with Crippen molar-refractivity contribution in [2.24, 2.45) is 5.14 Å². The van der Waals surface area contributed by atoms with Crippen LogP contribution in [-0.2, 0) is 4.79 Å². The van der Waals surface area contributed by atoms with Gasteiger partial charge in [0.25, 0.3) is 5.92 Å². The molecule has 13 heteroatoms. The zero-order valence-corrected chi connectivity index (χ0v) is 16.9. The normalized spacial score (nSPS) is 18.4. The fourth-order valence-corrected chi connectivity index (χ4v) is 3.64. The summed E-state index contributed by atoms with van der Waals surface area (Å²) in [6, 6.07) is 5.66. The Kier molecular flexibility index (Phi) is 6.79. The molecule has 3 N–H and O–H groups in total. The molecule has 1 heterocycles. The van der Waals surface area contributed by atoms with Gasteiger partial charge >= 0.3 is 6.36 Å². The van der Waals surface area contributed by atoms with Gasteiger partial charge < -0.3 is 15.0 Å². The molecule has 2 aromatic rings. The van der Waals surface area contributed by atoms with E-state index in [0.29, 0.717) is 11.0 Å². The molecule has 0 aliphatic carbocycles. The summed E-state index contributed by atoms with van der Waals surface area (Å²) < 4.78 is 98.0. The van der Waals surface area contributed by atoms with E-state index in [-0.39, 0.29) is 5.69 Å². The molecule has 3 rings (SSSR count). The second kappa shape index (κ2) is 9.06. The van der Waals surface area contributed by atoms with Crippen molar-refractivity contribution in [3.63, 3.8) is 0 Å². The number of hydrogen-bond donors (Lipinski definition) is 2. The third kappa shape index (κ3) is 5.57. The molecule has 0 saturated carbocycles. The van der Waals surface area contributed by atoms with Gasteiger partial charge in [-0.1, -0.05) is 6.07 Å². The van der Waals surface area contributed by atoms with Gasteiger partial charge in [0, 0.05) is 30.0 Å². The highest BCUT2D eigenvalue weighted by molar-refractivity contribution is 7.97. The second-order valence-electron chi connectivity index (χ2n) is 6.91. The summed E-state index contributed by atoms with van der Waals surface area (Å²) in [5.41, 5.74) is -0.473. The van der Waals surface area contributed by atoms with Crippen LogP contribution in [0.5, 0.6) is 5.75 Å². The summed E-state index contributed by atoms with van der Waals surface area (Å²) in [6.07, 6.45) is -7.27. The summed E-state index contributed by atoms with van der Waals surface area (Å²) in [7, 11) is 0. The van der Waals surface area contributed by atoms with E-state index in [0.717, 1.165) is 22.9 Å². The molecule has 0 bridgehead atoms. The minimum Gasteiger partial charge on any atom is -0.400 e. The van der Waals surface area contributed by atoms with E-state index >= 15 is 0 Å². The minimum atomic E-state index is -5.39. The minimum absolute atomic E-state index is 0.205. The van der Waals surface area contributed by atoms with Gasteiger partial charge in [0.05, 0.1) is 5.69 Å². The Bertz CT molecular complexity index is 1000. The molecule has 0 aromatic heterocycles. The van der Waals surface area contributed by atoms with Gasteiger partial charge in [-0.25, -0.2) is 13.2 Å². The summed E-state index contributed by atoms with van der Waals surface area (Å²) in [4.78, 5) is 14.2. The van der Waals surface area contributed by atoms with Gasteiger partial charge in [0.15, 0.2) is 11.6 Å². The van der Waals surface area contributed by atoms with Crippen LogP contribution in [0.25, 0.3) is 0 Å². The number of piperidine rings is 1. The number of nitrogens with two attached hydrogens (primary N) is 1. The number of anilines is 2. The number of carbonyl (C=O) groups excluding carboxylic acids is 1. The van der Waals surface area contributed by atoms with Crippen molar-refractivity contribution >= 4 is 29.2 Å². The highest BCUT2D eigenvalue weighted by Gasteiger charge is 2.45. The van der Waals surface area contributed by atoms with Crippen LogP contribution < -0.4 is 20.1 Å². The average molecular weight is 483 g/mol. The van der Waals surface area contributed by atoms with Crippen LogP contribution in [0, 0.1) is 11.6 Å². The van der Waals surface area contributed by atoms with E-state index in [9.17, 15) is 35.5 Å². The van der Waals surface area contributed by atoms with Crippen LogP contribution in [0.15, 0.2) is 41.3 Å². The molecule has 1 saturated heterocycles. The fourth-order valence-electron chi connectivity index (χ4n) is 3.29. The van der Waals surface area contributed by atoms with Crippen molar-refractivity contribution in [2.45, 2.75) is 36.1 Å². The quantitative estimate of drug-likeness (QED) is 0.459. The lowest BCUT2D eigenvalue weighted by molar-refractivity contribution is -0.275. The molecule has 1 aliphatic rings. The molecular formula is C19H16F7N3O2S. The average Bonchev–Trinajstić information content (AvgIpc) is 2.71. The standard InChI is InChI=1S/C19H16F7N3O2S/c20-12-4-5-13(16(15(12)21)31-19(24,25)26)29-7-6-18(22,23)9-14(29)17(30)28-10-2-1-3-11(8-10)32-27/h1-5,8,14H,6-7,9,27H2,(H,28,30). The Labute approximate surface area is 181 Å². The first kappa shape index (κ1) is 24.0. The largest absolute Gasteiger partial charge is 0.573 e. The summed E-state index contributed by atoms with van der Waals surface area (Å²) in [5.74, 6) is -9.42. The summed E-state index contributed by atoms with van der Waals surface area (Å²) in [6.45, 7) is -0.608. The summed E-state index contributed by atoms with van der Waals surface area (Å²) in [5, 5.41) is 7.85. The van der Waals surface area contributed by atoms with Crippen LogP contribution in [0.4, 0.5) is 42.1 Å². The molecule has 32 heavy (non-hydrogen) atoms. The van der Waals surface area contributed by atoms with Crippen molar-refractivity contribution in [3.05, 3.63) is 48.0 Å². The Hall–Kier alpha value is -2.67. The Balaban J connectivity index is 1.99. The third-order valence-corrected chi connectivity index (χ3v) is 5.21. The smallest absolute Gasteiger partial charge is 0.400 e. The predicted molar refractivity (Wildman–Crippen MR) is 103 cm³/mol. The lowest BCUT2D eigenvalue weighted by Crippen LogP contribution is -2.53. The molecule has 174 valence electrons. The van der Waals surface area contributed by atoms with Crippen LogP contribution in [0.2, 0.25) is 0 Å². The topological polar surface area (TPSA) is 67.6 Å². The van der Waals surface area contributed by atoms with Crippen LogP contribution in [0.1, 0.15) is 12.8 Å². The number of nitrogens with zero attached hydrogens (tertiary/aromatic N) is 1. The van der Waals surface area contributed by atoms with E-state index in [4.69, 9.17) is 5.14 Å². The van der Waals surface area contributed by atoms with Gasteiger partial charge in [-0.3, -0.25) is 9.93 Å². The van der Waals surface area contributed by atoms with Gasteiger partial charge in [-0.15, -0.1) is 13.2 Å². The molecular weight excluding hydrogens is 467 g/mol. The van der Waals surface area contributed by atoms with Crippen molar-refractivity contribution < 1.29 is 40.3 Å². The van der Waals surface area contributed by atoms with E-state index in [1.54, 1.807) is 12.1 Å². The maximum absolute atomic E-state index is 14.2. The van der Waals surface area contributed by atoms with Crippen LogP contribution >= 0.6 is 11.9 Å². The van der Waals surface area contributed by atoms with Crippen molar-refractivity contribution in [3.8, 4) is 5.75 Å². The van der Waals surface area contributed by atoms with E-state index < -0.39 is 66.7 Å². The number of alkyl halides is 5. The zero-order chi connectivity index (χ0) is 23.7. The number of halogens is 7. The highest BCUT2D eigenvalue weighted by Crippen LogP contribution is 2.42. The fraction of sp³-hybridized carbons (Fsp3) is 0.316. The first-order valence-corrected chi connectivity index (χ1v) is 9.94. The van der Waals surface area contributed by atoms with Gasteiger partial charge in [-0.05, 0) is 42.3 Å². The molecule has 0 spiro atoms. The number of benzene rings is 2. The molecule has 1 fully saturated rings. The zero-order valence-electron chi connectivity index (χ0n) is 16.1. The molecule has 1 aliphatic heterocycles. The number of rotatable bonds is 5. The summed E-state index contributed by atoms with van der Waals surface area (Å²) >= 11 is 0.871. The highest BCUT2D eigenvalue weighted by atomic mass is 32.2. The van der Waals surface area contributed by atoms with E-state index in [1.165, 1.54) is 12.1 Å². The van der Waals surface area contributed by atoms with Gasteiger partial charge in [0.1, 0.15) is 6.04 Å². The van der Waals surface area contributed by atoms with Gasteiger partial charge in [-0.2, -0.15) is 4.39 Å². The number of ether oxygens (including phenoxy) is 1. The molecule has 1 atom stereocenters. The van der Waals surface area contributed by atoms with E-state index in [2.05, 4.69) is 10.1 Å². The van der Waals surface area contributed by atoms with Crippen LogP contribution in [0.3, 0.4) is 0 Å². The van der Waals surface area contributed by atoms with Crippen molar-refractivity contribution in [1.82, 2.24) is 0 Å². The van der Waals surface area contributed by atoms with Crippen molar-refractivity contribution in [2.75, 3.05) is 16.8 Å². The van der Waals surface area contributed by atoms with E-state index in [1.807, 2.05) is 0 Å². The lowest BCUT2D eigenvalue weighted by Gasteiger charge is -2.40. The maximum atomic E-state index is 14.2. The molecule has 5 nitrogen and oxygen atoms in total. The Morgan fingerprint density at radius 1 is 1.22 bits per heavy atom. The molecule has 2 aromatic carbocycles. The molecule has 1 unspecified atom stereocenters. The van der Waals surface area contributed by atoms with Crippen molar-refractivity contribution in [1.29, 1.82) is 0 Å². The first-order valence-electron chi connectivity index (χ1n) is 9.06. The molecule has 1 amide bonds. The number of nitrogens with one attached hydrogen (secondary N) is 1. The maximum Gasteiger partial charge on any atom is 0.573 e. The predicted octanol–water partition coefficient (Wildman–Crippen LogP) is 5.07. The Morgan fingerprint density at radius 2 is 1.94 bits per heavy atom. The Morgan fingerprint density at radius 3 is 2.59 bits per heavy atom. The molecule has 0 radical (unpaired) electrons. The SMILES string of the molecule is NSc1cccc(NC(=O)C2CC(F)(F)CCN2c2ccc(F)c(F)c2OC(F)(F)F)c1. The second-order valence-corrected chi connectivity index (χ2v) is 7.62. The van der Waals surface area contributed by atoms with Gasteiger partial charge in [0.2, 0.25) is 11.7 Å². The lowest BCUT2D eigenvalue weighted by atomic mass is 9.96. The number of hydrogen-bond acceptors (Lipinski definition) is 5. The first-order chi connectivity index (χ1) is 14.9. The van der Waals surface area contributed by atoms with Crippen LogP contribution in [-0.4, -0.2) is 30.8 Å². The third-order valence-electron chi connectivity index (χ3n) is 4.68. The number of carbonyl (C=O) groups is 1.